The molecule has 1 aromatic carbocycles. The largest absolute Gasteiger partial charge is 0.497 e. The first kappa shape index (κ1) is 11.6. The molecule has 0 unspecified atom stereocenters. The van der Waals surface area contributed by atoms with Crippen LogP contribution in [0.4, 0.5) is 0 Å². The summed E-state index contributed by atoms with van der Waals surface area (Å²) in [6.45, 7) is 0. The van der Waals surface area contributed by atoms with Crippen LogP contribution in [-0.2, 0) is 0 Å². The third-order valence-electron chi connectivity index (χ3n) is 2.43. The van der Waals surface area contributed by atoms with Gasteiger partial charge >= 0.3 is 0 Å². The maximum atomic E-state index is 5.36. The van der Waals surface area contributed by atoms with Crippen molar-refractivity contribution in [2.24, 2.45) is 0 Å². The van der Waals surface area contributed by atoms with Crippen LogP contribution >= 0.6 is 11.3 Å². The predicted octanol–water partition coefficient (Wildman–Crippen LogP) is 3.41. The van der Waals surface area contributed by atoms with E-state index in [0.717, 1.165) is 27.5 Å². The summed E-state index contributed by atoms with van der Waals surface area (Å²) in [7, 11) is 3.28. The van der Waals surface area contributed by atoms with Crippen molar-refractivity contribution in [2.75, 3.05) is 14.2 Å². The molecule has 0 bridgehead atoms. The number of benzene rings is 1. The molecule has 0 saturated heterocycles. The summed E-state index contributed by atoms with van der Waals surface area (Å²) < 4.78 is 10.5. The monoisotopic (exact) mass is 244 g/mol. The van der Waals surface area contributed by atoms with E-state index in [1.165, 1.54) is 0 Å². The molecule has 0 amide bonds. The number of hydrogen-bond donors (Lipinski definition) is 0. The first-order valence-corrected chi connectivity index (χ1v) is 5.93. The summed E-state index contributed by atoms with van der Waals surface area (Å²) in [5.41, 5.74) is 2.12. The molecule has 0 N–H and O–H groups in total. The van der Waals surface area contributed by atoms with Gasteiger partial charge in [0.1, 0.15) is 11.5 Å². The molecule has 0 saturated carbocycles. The van der Waals surface area contributed by atoms with E-state index in [4.69, 9.17) is 15.9 Å². The smallest absolute Gasteiger partial charge is 0.123 e. The molecular formula is C14H12O2S. The normalized spacial score (nSPS) is 9.71. The van der Waals surface area contributed by atoms with Gasteiger partial charge in [-0.15, -0.1) is 17.8 Å². The molecule has 0 radical (unpaired) electrons. The molecular weight excluding hydrogens is 232 g/mol. The lowest BCUT2D eigenvalue weighted by Gasteiger charge is -2.07. The van der Waals surface area contributed by atoms with E-state index >= 15 is 0 Å². The number of thiophene rings is 1. The van der Waals surface area contributed by atoms with Crippen LogP contribution < -0.4 is 9.47 Å². The average Bonchev–Trinajstić information content (AvgIpc) is 2.86. The predicted molar refractivity (Wildman–Crippen MR) is 70.8 cm³/mol. The van der Waals surface area contributed by atoms with Crippen molar-refractivity contribution in [2.45, 2.75) is 0 Å². The molecule has 17 heavy (non-hydrogen) atoms. The Bertz CT molecular complexity index is 542. The van der Waals surface area contributed by atoms with E-state index in [9.17, 15) is 0 Å². The molecule has 2 rings (SSSR count). The first-order chi connectivity index (χ1) is 8.26. The lowest BCUT2D eigenvalue weighted by atomic mass is 10.1. The van der Waals surface area contributed by atoms with Crippen molar-refractivity contribution in [3.05, 3.63) is 34.5 Å². The first-order valence-electron chi connectivity index (χ1n) is 5.05. The van der Waals surface area contributed by atoms with E-state index in [1.807, 2.05) is 29.6 Å². The standard InChI is InChI=1S/C14H12O2S/c1-4-14-7-11(9-17-14)10-5-12(15-2)8-13(6-10)16-3/h1,5-9H,2-3H3. The van der Waals surface area contributed by atoms with Gasteiger partial charge in [0.25, 0.3) is 0 Å². The molecule has 0 aliphatic carbocycles. The Balaban J connectivity index is 2.47. The minimum Gasteiger partial charge on any atom is -0.497 e. The van der Waals surface area contributed by atoms with Gasteiger partial charge in [0.15, 0.2) is 0 Å². The van der Waals surface area contributed by atoms with Crippen LogP contribution in [0.2, 0.25) is 0 Å². The van der Waals surface area contributed by atoms with Crippen LogP contribution in [-0.4, -0.2) is 14.2 Å². The molecule has 1 heterocycles. The van der Waals surface area contributed by atoms with Gasteiger partial charge < -0.3 is 9.47 Å². The Hall–Kier alpha value is -1.92. The summed E-state index contributed by atoms with van der Waals surface area (Å²) in [5.74, 6) is 4.17. The zero-order valence-electron chi connectivity index (χ0n) is 9.69. The van der Waals surface area contributed by atoms with E-state index in [2.05, 4.69) is 5.92 Å². The minimum atomic E-state index is 0.771. The number of terminal acetylenes is 1. The van der Waals surface area contributed by atoms with E-state index in [-0.39, 0.29) is 0 Å². The van der Waals surface area contributed by atoms with Crippen molar-refractivity contribution in [1.82, 2.24) is 0 Å². The SMILES string of the molecule is C#Cc1cc(-c2cc(OC)cc(OC)c2)cs1. The lowest BCUT2D eigenvalue weighted by Crippen LogP contribution is -1.88. The fourth-order valence-corrected chi connectivity index (χ4v) is 2.26. The van der Waals surface area contributed by atoms with Crippen LogP contribution in [0, 0.1) is 12.3 Å². The third-order valence-corrected chi connectivity index (χ3v) is 3.29. The molecule has 0 fully saturated rings. The summed E-state index contributed by atoms with van der Waals surface area (Å²) in [6, 6.07) is 7.76. The Morgan fingerprint density at radius 3 is 2.12 bits per heavy atom. The maximum absolute atomic E-state index is 5.36. The van der Waals surface area contributed by atoms with Crippen molar-refractivity contribution in [3.63, 3.8) is 0 Å². The topological polar surface area (TPSA) is 18.5 Å². The highest BCUT2D eigenvalue weighted by Crippen LogP contribution is 2.32. The average molecular weight is 244 g/mol. The van der Waals surface area contributed by atoms with Gasteiger partial charge in [0.05, 0.1) is 19.1 Å². The summed E-state index contributed by atoms with van der Waals surface area (Å²) in [5, 5.41) is 2.03. The van der Waals surface area contributed by atoms with E-state index < -0.39 is 0 Å². The van der Waals surface area contributed by atoms with Crippen molar-refractivity contribution in [1.29, 1.82) is 0 Å². The van der Waals surface area contributed by atoms with Gasteiger partial charge in [-0.05, 0) is 34.7 Å². The van der Waals surface area contributed by atoms with Gasteiger partial charge in [-0.2, -0.15) is 0 Å². The fourth-order valence-electron chi connectivity index (χ4n) is 1.54. The number of methoxy groups -OCH3 is 2. The molecule has 2 aromatic rings. The van der Waals surface area contributed by atoms with Gasteiger partial charge in [-0.3, -0.25) is 0 Å². The molecule has 3 heteroatoms. The van der Waals surface area contributed by atoms with Crippen LogP contribution in [0.5, 0.6) is 11.5 Å². The van der Waals surface area contributed by atoms with Gasteiger partial charge in [-0.1, -0.05) is 5.92 Å². The second-order valence-corrected chi connectivity index (χ2v) is 4.36. The van der Waals surface area contributed by atoms with Crippen LogP contribution in [0.3, 0.4) is 0 Å². The second-order valence-electron chi connectivity index (χ2n) is 3.45. The highest BCUT2D eigenvalue weighted by atomic mass is 32.1. The van der Waals surface area contributed by atoms with Crippen LogP contribution in [0.25, 0.3) is 11.1 Å². The molecule has 2 nitrogen and oxygen atoms in total. The Labute approximate surface area is 105 Å². The summed E-state index contributed by atoms with van der Waals surface area (Å²) in [4.78, 5) is 0.918. The molecule has 1 aromatic heterocycles. The highest BCUT2D eigenvalue weighted by Gasteiger charge is 2.06. The van der Waals surface area contributed by atoms with Crippen LogP contribution in [0.1, 0.15) is 4.88 Å². The molecule has 86 valence electrons. The third kappa shape index (κ3) is 2.43. The summed E-state index contributed by atoms with van der Waals surface area (Å²) >= 11 is 1.55. The van der Waals surface area contributed by atoms with Gasteiger partial charge in [0.2, 0.25) is 0 Å². The van der Waals surface area contributed by atoms with Crippen molar-refractivity contribution in [3.8, 4) is 35.0 Å². The maximum Gasteiger partial charge on any atom is 0.123 e. The highest BCUT2D eigenvalue weighted by molar-refractivity contribution is 7.11. The van der Waals surface area contributed by atoms with Crippen molar-refractivity contribution >= 4 is 11.3 Å². The summed E-state index contributed by atoms with van der Waals surface area (Å²) in [6.07, 6.45) is 5.36. The number of hydrogen-bond acceptors (Lipinski definition) is 3. The molecule has 0 atom stereocenters. The van der Waals surface area contributed by atoms with E-state index in [0.29, 0.717) is 0 Å². The van der Waals surface area contributed by atoms with E-state index in [1.54, 1.807) is 25.6 Å². The molecule has 0 aliphatic heterocycles. The Kier molecular flexibility index (Phi) is 3.36. The zero-order valence-corrected chi connectivity index (χ0v) is 10.5. The van der Waals surface area contributed by atoms with Crippen molar-refractivity contribution < 1.29 is 9.47 Å². The van der Waals surface area contributed by atoms with Crippen LogP contribution in [0.15, 0.2) is 29.6 Å². The van der Waals surface area contributed by atoms with Gasteiger partial charge in [-0.25, -0.2) is 0 Å². The second kappa shape index (κ2) is 4.94. The van der Waals surface area contributed by atoms with Gasteiger partial charge in [0, 0.05) is 6.07 Å². The Morgan fingerprint density at radius 1 is 1.00 bits per heavy atom. The molecule has 0 spiro atoms. The number of ether oxygens (including phenoxy) is 2. The minimum absolute atomic E-state index is 0.771. The number of rotatable bonds is 3. The zero-order chi connectivity index (χ0) is 12.3. The lowest BCUT2D eigenvalue weighted by molar-refractivity contribution is 0.394. The fraction of sp³-hybridized carbons (Fsp3) is 0.143. The quantitative estimate of drug-likeness (QED) is 0.770. The Morgan fingerprint density at radius 2 is 1.65 bits per heavy atom. The molecule has 0 aliphatic rings.